The second-order valence-corrected chi connectivity index (χ2v) is 6.52. The third-order valence-corrected chi connectivity index (χ3v) is 4.68. The number of ether oxygens (including phenoxy) is 1. The van der Waals surface area contributed by atoms with Crippen LogP contribution in [-0.2, 0) is 17.8 Å². The molecule has 1 atom stereocenters. The SMILES string of the molecule is CCN(CCC(C)C(=O)CCc1ccccc1)Cc1nccnc1OC. The topological polar surface area (TPSA) is 55.3 Å². The van der Waals surface area contributed by atoms with Crippen LogP contribution in [0, 0.1) is 5.92 Å². The van der Waals surface area contributed by atoms with Gasteiger partial charge in [0.2, 0.25) is 5.88 Å². The summed E-state index contributed by atoms with van der Waals surface area (Å²) in [7, 11) is 1.61. The third-order valence-electron chi connectivity index (χ3n) is 4.68. The van der Waals surface area contributed by atoms with Crippen molar-refractivity contribution in [1.82, 2.24) is 14.9 Å². The fourth-order valence-corrected chi connectivity index (χ4v) is 2.89. The van der Waals surface area contributed by atoms with E-state index >= 15 is 0 Å². The van der Waals surface area contributed by atoms with E-state index in [1.165, 1.54) is 5.56 Å². The molecule has 1 aromatic carbocycles. The molecule has 5 heteroatoms. The summed E-state index contributed by atoms with van der Waals surface area (Å²) in [6, 6.07) is 10.2. The van der Waals surface area contributed by atoms with Gasteiger partial charge in [0.25, 0.3) is 0 Å². The predicted octanol–water partition coefficient (Wildman–Crippen LogP) is 3.54. The largest absolute Gasteiger partial charge is 0.480 e. The minimum atomic E-state index is 0.0662. The molecule has 0 radical (unpaired) electrons. The van der Waals surface area contributed by atoms with Crippen LogP contribution in [0.5, 0.6) is 5.88 Å². The van der Waals surface area contributed by atoms with Crippen LogP contribution in [0.1, 0.15) is 37.9 Å². The van der Waals surface area contributed by atoms with Crippen molar-refractivity contribution in [2.75, 3.05) is 20.2 Å². The number of rotatable bonds is 11. The Bertz CT molecular complexity index is 676. The predicted molar refractivity (Wildman–Crippen MR) is 103 cm³/mol. The van der Waals surface area contributed by atoms with E-state index in [2.05, 4.69) is 33.9 Å². The Morgan fingerprint density at radius 2 is 1.92 bits per heavy atom. The first kappa shape index (κ1) is 20.0. The van der Waals surface area contributed by atoms with Gasteiger partial charge in [0.05, 0.1) is 7.11 Å². The molecule has 0 aliphatic rings. The highest BCUT2D eigenvalue weighted by atomic mass is 16.5. The molecule has 1 unspecified atom stereocenters. The van der Waals surface area contributed by atoms with Crippen LogP contribution in [0.3, 0.4) is 0 Å². The minimum Gasteiger partial charge on any atom is -0.480 e. The molecule has 0 aliphatic heterocycles. The minimum absolute atomic E-state index is 0.0662. The van der Waals surface area contributed by atoms with E-state index < -0.39 is 0 Å². The average molecular weight is 355 g/mol. The molecule has 0 fully saturated rings. The molecule has 0 spiro atoms. The molecule has 2 rings (SSSR count). The Balaban J connectivity index is 1.80. The molecule has 2 aromatic rings. The van der Waals surface area contributed by atoms with Gasteiger partial charge < -0.3 is 4.74 Å². The van der Waals surface area contributed by atoms with Crippen molar-refractivity contribution < 1.29 is 9.53 Å². The number of Topliss-reactive ketones (excluding diaryl/α,β-unsaturated/α-hetero) is 1. The zero-order chi connectivity index (χ0) is 18.8. The van der Waals surface area contributed by atoms with Gasteiger partial charge in [0.15, 0.2) is 0 Å². The monoisotopic (exact) mass is 355 g/mol. The van der Waals surface area contributed by atoms with Crippen molar-refractivity contribution in [3.63, 3.8) is 0 Å². The van der Waals surface area contributed by atoms with E-state index in [-0.39, 0.29) is 5.92 Å². The van der Waals surface area contributed by atoms with Crippen LogP contribution >= 0.6 is 0 Å². The average Bonchev–Trinajstić information content (AvgIpc) is 2.70. The highest BCUT2D eigenvalue weighted by molar-refractivity contribution is 5.80. The number of nitrogens with zero attached hydrogens (tertiary/aromatic N) is 3. The van der Waals surface area contributed by atoms with Crippen molar-refractivity contribution >= 4 is 5.78 Å². The summed E-state index contributed by atoms with van der Waals surface area (Å²) < 4.78 is 5.27. The summed E-state index contributed by atoms with van der Waals surface area (Å²) in [5, 5.41) is 0. The Kier molecular flexibility index (Phi) is 8.22. The van der Waals surface area contributed by atoms with Gasteiger partial charge in [-0.1, -0.05) is 44.2 Å². The highest BCUT2D eigenvalue weighted by Crippen LogP contribution is 2.15. The van der Waals surface area contributed by atoms with Crippen LogP contribution in [0.4, 0.5) is 0 Å². The Labute approximate surface area is 156 Å². The molecule has 5 nitrogen and oxygen atoms in total. The van der Waals surface area contributed by atoms with E-state index in [4.69, 9.17) is 4.74 Å². The fraction of sp³-hybridized carbons (Fsp3) is 0.476. The molecule has 1 heterocycles. The zero-order valence-electron chi connectivity index (χ0n) is 16.0. The molecule has 0 bridgehead atoms. The molecule has 0 aliphatic carbocycles. The summed E-state index contributed by atoms with van der Waals surface area (Å²) >= 11 is 0. The van der Waals surface area contributed by atoms with Gasteiger partial charge in [-0.15, -0.1) is 0 Å². The lowest BCUT2D eigenvalue weighted by atomic mass is 9.96. The second kappa shape index (κ2) is 10.7. The number of ketones is 1. The van der Waals surface area contributed by atoms with Gasteiger partial charge in [-0.3, -0.25) is 14.7 Å². The molecular formula is C21H29N3O2. The molecule has 1 aromatic heterocycles. The molecule has 140 valence electrons. The number of aromatic nitrogens is 2. The first-order chi connectivity index (χ1) is 12.6. The van der Waals surface area contributed by atoms with Crippen LogP contribution in [0.15, 0.2) is 42.7 Å². The normalized spacial score (nSPS) is 12.2. The number of hydrogen-bond acceptors (Lipinski definition) is 5. The van der Waals surface area contributed by atoms with Gasteiger partial charge in [0.1, 0.15) is 11.5 Å². The molecular weight excluding hydrogens is 326 g/mol. The van der Waals surface area contributed by atoms with Gasteiger partial charge in [-0.2, -0.15) is 0 Å². The quantitative estimate of drug-likeness (QED) is 0.617. The van der Waals surface area contributed by atoms with Crippen molar-refractivity contribution in [1.29, 1.82) is 0 Å². The van der Waals surface area contributed by atoms with Crippen LogP contribution in [-0.4, -0.2) is 40.9 Å². The number of carbonyl (C=O) groups excluding carboxylic acids is 1. The fourth-order valence-electron chi connectivity index (χ4n) is 2.89. The van der Waals surface area contributed by atoms with Crippen molar-refractivity contribution in [2.24, 2.45) is 5.92 Å². The Morgan fingerprint density at radius 1 is 1.19 bits per heavy atom. The van der Waals surface area contributed by atoms with E-state index in [0.29, 0.717) is 24.6 Å². The Morgan fingerprint density at radius 3 is 2.62 bits per heavy atom. The molecule has 0 amide bonds. The van der Waals surface area contributed by atoms with Crippen molar-refractivity contribution in [3.8, 4) is 5.88 Å². The van der Waals surface area contributed by atoms with Crippen molar-refractivity contribution in [2.45, 2.75) is 39.7 Å². The molecule has 0 saturated carbocycles. The lowest BCUT2D eigenvalue weighted by Crippen LogP contribution is -2.27. The summed E-state index contributed by atoms with van der Waals surface area (Å²) in [4.78, 5) is 23.2. The lowest BCUT2D eigenvalue weighted by Gasteiger charge is -2.22. The van der Waals surface area contributed by atoms with E-state index in [9.17, 15) is 4.79 Å². The first-order valence-electron chi connectivity index (χ1n) is 9.26. The van der Waals surface area contributed by atoms with Gasteiger partial charge in [0, 0.05) is 31.3 Å². The van der Waals surface area contributed by atoms with Gasteiger partial charge in [-0.25, -0.2) is 4.98 Å². The maximum atomic E-state index is 12.4. The maximum Gasteiger partial charge on any atom is 0.236 e. The second-order valence-electron chi connectivity index (χ2n) is 6.52. The number of aryl methyl sites for hydroxylation is 1. The van der Waals surface area contributed by atoms with Crippen LogP contribution in [0.2, 0.25) is 0 Å². The van der Waals surface area contributed by atoms with Gasteiger partial charge >= 0.3 is 0 Å². The molecule has 0 N–H and O–H groups in total. The van der Waals surface area contributed by atoms with E-state index in [1.54, 1.807) is 19.5 Å². The molecule has 26 heavy (non-hydrogen) atoms. The summed E-state index contributed by atoms with van der Waals surface area (Å²) in [6.45, 7) is 6.58. The van der Waals surface area contributed by atoms with Crippen molar-refractivity contribution in [3.05, 3.63) is 54.0 Å². The summed E-state index contributed by atoms with van der Waals surface area (Å²) in [6.07, 6.45) is 5.59. The Hall–Kier alpha value is -2.27. The van der Waals surface area contributed by atoms with E-state index in [1.807, 2.05) is 25.1 Å². The number of methoxy groups -OCH3 is 1. The van der Waals surface area contributed by atoms with Gasteiger partial charge in [-0.05, 0) is 31.5 Å². The summed E-state index contributed by atoms with van der Waals surface area (Å²) in [5.41, 5.74) is 2.05. The van der Waals surface area contributed by atoms with E-state index in [0.717, 1.165) is 31.6 Å². The maximum absolute atomic E-state index is 12.4. The third kappa shape index (κ3) is 6.23. The number of hydrogen-bond donors (Lipinski definition) is 0. The number of benzene rings is 1. The smallest absolute Gasteiger partial charge is 0.236 e. The highest BCUT2D eigenvalue weighted by Gasteiger charge is 2.16. The zero-order valence-corrected chi connectivity index (χ0v) is 16.0. The number of carbonyl (C=O) groups is 1. The standard InChI is InChI=1S/C21H29N3O2/c1-4-24(16-19-21(26-3)23-14-13-22-19)15-12-17(2)20(25)11-10-18-8-6-5-7-9-18/h5-9,13-14,17H,4,10-12,15-16H2,1-3H3. The van der Waals surface area contributed by atoms with Crippen LogP contribution < -0.4 is 4.74 Å². The lowest BCUT2D eigenvalue weighted by molar-refractivity contribution is -0.122. The summed E-state index contributed by atoms with van der Waals surface area (Å²) in [5.74, 6) is 0.969. The van der Waals surface area contributed by atoms with Crippen LogP contribution in [0.25, 0.3) is 0 Å². The molecule has 0 saturated heterocycles. The first-order valence-corrected chi connectivity index (χ1v) is 9.26.